The van der Waals surface area contributed by atoms with Crippen molar-refractivity contribution in [3.8, 4) is 11.5 Å². The number of ether oxygens (including phenoxy) is 2. The summed E-state index contributed by atoms with van der Waals surface area (Å²) in [5, 5.41) is 3.57. The van der Waals surface area contributed by atoms with Gasteiger partial charge in [0.2, 0.25) is 11.8 Å². The van der Waals surface area contributed by atoms with E-state index in [1.165, 1.54) is 0 Å². The third kappa shape index (κ3) is 8.77. The minimum Gasteiger partial charge on any atom is -0.490 e. The Kier molecular flexibility index (Phi) is 11.9. The van der Waals surface area contributed by atoms with E-state index in [-0.39, 0.29) is 24.8 Å². The largest absolute Gasteiger partial charge is 0.490 e. The van der Waals surface area contributed by atoms with E-state index in [4.69, 9.17) is 21.1 Å². The topological polar surface area (TPSA) is 67.9 Å². The molecule has 0 bridgehead atoms. The number of halogens is 1. The van der Waals surface area contributed by atoms with Gasteiger partial charge in [-0.3, -0.25) is 9.59 Å². The van der Waals surface area contributed by atoms with Crippen molar-refractivity contribution in [3.05, 3.63) is 58.6 Å². The molecule has 0 saturated carbocycles. The Labute approximate surface area is 214 Å². The molecular formula is C28H39ClN2O4. The Bertz CT molecular complexity index is 964. The summed E-state index contributed by atoms with van der Waals surface area (Å²) in [5.74, 6) is 1.46. The van der Waals surface area contributed by atoms with Crippen LogP contribution in [0.3, 0.4) is 0 Å². The van der Waals surface area contributed by atoms with Gasteiger partial charge in [-0.25, -0.2) is 0 Å². The lowest BCUT2D eigenvalue weighted by atomic mass is 10.1. The lowest BCUT2D eigenvalue weighted by Gasteiger charge is -2.31. The van der Waals surface area contributed by atoms with Crippen LogP contribution in [0.2, 0.25) is 5.02 Å². The van der Waals surface area contributed by atoms with Crippen LogP contribution in [0.25, 0.3) is 0 Å². The second-order valence-corrected chi connectivity index (χ2v) is 9.23. The van der Waals surface area contributed by atoms with Gasteiger partial charge in [-0.05, 0) is 61.9 Å². The zero-order valence-electron chi connectivity index (χ0n) is 21.6. The van der Waals surface area contributed by atoms with Gasteiger partial charge in [0.1, 0.15) is 6.04 Å². The van der Waals surface area contributed by atoms with Crippen molar-refractivity contribution in [2.24, 2.45) is 5.92 Å². The van der Waals surface area contributed by atoms with Crippen LogP contribution >= 0.6 is 11.6 Å². The molecule has 1 atom stereocenters. The van der Waals surface area contributed by atoms with Crippen LogP contribution in [0.1, 0.15) is 58.6 Å². The van der Waals surface area contributed by atoms with E-state index in [0.717, 1.165) is 11.1 Å². The molecule has 0 aliphatic heterocycles. The SMILES string of the molecule is CCOc1ccc(CCC(=O)N(Cc2ccccc2Cl)[C@@H](CC)C(=O)NCC(C)C)cc1OCC. The van der Waals surface area contributed by atoms with E-state index in [1.54, 1.807) is 11.0 Å². The third-order valence-corrected chi connectivity index (χ3v) is 5.97. The first-order valence-electron chi connectivity index (χ1n) is 12.5. The monoisotopic (exact) mass is 502 g/mol. The zero-order chi connectivity index (χ0) is 25.8. The number of hydrogen-bond donors (Lipinski definition) is 1. The van der Waals surface area contributed by atoms with Crippen molar-refractivity contribution in [1.82, 2.24) is 10.2 Å². The number of amides is 2. The molecule has 0 saturated heterocycles. The molecule has 0 fully saturated rings. The number of nitrogens with one attached hydrogen (secondary N) is 1. The van der Waals surface area contributed by atoms with Crippen LogP contribution < -0.4 is 14.8 Å². The predicted octanol–water partition coefficient (Wildman–Crippen LogP) is 5.65. The van der Waals surface area contributed by atoms with E-state index < -0.39 is 6.04 Å². The van der Waals surface area contributed by atoms with Gasteiger partial charge in [0, 0.05) is 24.5 Å². The van der Waals surface area contributed by atoms with Crippen molar-refractivity contribution >= 4 is 23.4 Å². The number of hydrogen-bond acceptors (Lipinski definition) is 4. The second-order valence-electron chi connectivity index (χ2n) is 8.82. The van der Waals surface area contributed by atoms with Gasteiger partial charge in [-0.1, -0.05) is 56.6 Å². The standard InChI is InChI=1S/C28H39ClN2O4/c1-6-24(28(33)30-18-20(4)5)31(19-22-11-9-10-12-23(22)29)27(32)16-14-21-13-15-25(34-7-2)26(17-21)35-8-3/h9-13,15,17,20,24H,6-8,14,16,18-19H2,1-5H3,(H,30,33)/t24-/m0/s1. The first-order chi connectivity index (χ1) is 16.8. The molecule has 0 aliphatic rings. The third-order valence-electron chi connectivity index (χ3n) is 5.60. The average molecular weight is 503 g/mol. The molecule has 7 heteroatoms. The number of aryl methyl sites for hydroxylation is 1. The molecule has 6 nitrogen and oxygen atoms in total. The fourth-order valence-corrected chi connectivity index (χ4v) is 3.99. The molecule has 0 aromatic heterocycles. The van der Waals surface area contributed by atoms with Crippen molar-refractivity contribution in [2.45, 2.75) is 66.5 Å². The van der Waals surface area contributed by atoms with E-state index in [2.05, 4.69) is 5.32 Å². The Morgan fingerprint density at radius 2 is 1.69 bits per heavy atom. The van der Waals surface area contributed by atoms with Gasteiger partial charge in [0.25, 0.3) is 0 Å². The summed E-state index contributed by atoms with van der Waals surface area (Å²) in [7, 11) is 0. The Morgan fingerprint density at radius 1 is 1.00 bits per heavy atom. The van der Waals surface area contributed by atoms with Gasteiger partial charge in [-0.2, -0.15) is 0 Å². The predicted molar refractivity (Wildman–Crippen MR) is 141 cm³/mol. The maximum atomic E-state index is 13.5. The van der Waals surface area contributed by atoms with Gasteiger partial charge < -0.3 is 19.7 Å². The smallest absolute Gasteiger partial charge is 0.242 e. The first kappa shape index (κ1) is 28.5. The maximum absolute atomic E-state index is 13.5. The van der Waals surface area contributed by atoms with E-state index in [9.17, 15) is 9.59 Å². The Balaban J connectivity index is 2.23. The van der Waals surface area contributed by atoms with Gasteiger partial charge in [-0.15, -0.1) is 0 Å². The lowest BCUT2D eigenvalue weighted by Crippen LogP contribution is -2.49. The summed E-state index contributed by atoms with van der Waals surface area (Å²) < 4.78 is 11.4. The molecule has 2 aromatic rings. The summed E-state index contributed by atoms with van der Waals surface area (Å²) in [5.41, 5.74) is 1.79. The number of rotatable bonds is 14. The molecule has 2 aromatic carbocycles. The van der Waals surface area contributed by atoms with Crippen molar-refractivity contribution < 1.29 is 19.1 Å². The summed E-state index contributed by atoms with van der Waals surface area (Å²) in [6, 6.07) is 12.6. The molecule has 2 amide bonds. The molecule has 35 heavy (non-hydrogen) atoms. The van der Waals surface area contributed by atoms with Crippen molar-refractivity contribution in [3.63, 3.8) is 0 Å². The van der Waals surface area contributed by atoms with Crippen LogP contribution in [0.5, 0.6) is 11.5 Å². The summed E-state index contributed by atoms with van der Waals surface area (Å²) >= 11 is 6.40. The molecule has 1 N–H and O–H groups in total. The average Bonchev–Trinajstić information content (AvgIpc) is 2.84. The normalized spacial score (nSPS) is 11.7. The highest BCUT2D eigenvalue weighted by atomic mass is 35.5. The van der Waals surface area contributed by atoms with Gasteiger partial charge >= 0.3 is 0 Å². The van der Waals surface area contributed by atoms with E-state index in [0.29, 0.717) is 55.0 Å². The minimum absolute atomic E-state index is 0.0942. The van der Waals surface area contributed by atoms with Crippen LogP contribution in [0.4, 0.5) is 0 Å². The van der Waals surface area contributed by atoms with Gasteiger partial charge in [0.05, 0.1) is 13.2 Å². The van der Waals surface area contributed by atoms with Crippen molar-refractivity contribution in [2.75, 3.05) is 19.8 Å². The molecule has 192 valence electrons. The fraction of sp³-hybridized carbons (Fsp3) is 0.500. The van der Waals surface area contributed by atoms with Crippen LogP contribution in [0.15, 0.2) is 42.5 Å². The van der Waals surface area contributed by atoms with E-state index >= 15 is 0 Å². The van der Waals surface area contributed by atoms with Crippen LogP contribution in [0, 0.1) is 5.92 Å². The molecule has 0 heterocycles. The zero-order valence-corrected chi connectivity index (χ0v) is 22.4. The second kappa shape index (κ2) is 14.6. The van der Waals surface area contributed by atoms with Crippen molar-refractivity contribution in [1.29, 1.82) is 0 Å². The summed E-state index contributed by atoms with van der Waals surface area (Å²) in [6.07, 6.45) is 1.30. The first-order valence-corrected chi connectivity index (χ1v) is 12.9. The molecule has 0 spiro atoms. The number of carbonyl (C=O) groups is 2. The molecule has 0 aliphatic carbocycles. The summed E-state index contributed by atoms with van der Waals surface area (Å²) in [6.45, 7) is 11.8. The van der Waals surface area contributed by atoms with Crippen LogP contribution in [-0.4, -0.2) is 42.5 Å². The maximum Gasteiger partial charge on any atom is 0.242 e. The number of nitrogens with zero attached hydrogens (tertiary/aromatic N) is 1. The van der Waals surface area contributed by atoms with Gasteiger partial charge in [0.15, 0.2) is 11.5 Å². The fourth-order valence-electron chi connectivity index (χ4n) is 3.80. The number of benzene rings is 2. The lowest BCUT2D eigenvalue weighted by molar-refractivity contribution is -0.141. The van der Waals surface area contributed by atoms with E-state index in [1.807, 2.05) is 71.0 Å². The highest BCUT2D eigenvalue weighted by molar-refractivity contribution is 6.31. The quantitative estimate of drug-likeness (QED) is 0.362. The molecule has 0 radical (unpaired) electrons. The Hall–Kier alpha value is -2.73. The minimum atomic E-state index is -0.572. The van der Waals surface area contributed by atoms with Crippen LogP contribution in [-0.2, 0) is 22.6 Å². The molecule has 0 unspecified atom stereocenters. The molecule has 2 rings (SSSR count). The highest BCUT2D eigenvalue weighted by Gasteiger charge is 2.29. The highest BCUT2D eigenvalue weighted by Crippen LogP contribution is 2.29. The summed E-state index contributed by atoms with van der Waals surface area (Å²) in [4.78, 5) is 28.2. The Morgan fingerprint density at radius 3 is 2.31 bits per heavy atom. The molecular weight excluding hydrogens is 464 g/mol. The number of carbonyl (C=O) groups excluding carboxylic acids is 2.